The van der Waals surface area contributed by atoms with Crippen molar-refractivity contribution in [1.29, 1.82) is 5.26 Å². The lowest BCUT2D eigenvalue weighted by Crippen LogP contribution is -1.96. The number of nitriles is 1. The third-order valence-corrected chi connectivity index (χ3v) is 3.84. The summed E-state index contributed by atoms with van der Waals surface area (Å²) in [6.45, 7) is 0. The molecule has 0 aliphatic rings. The van der Waals surface area contributed by atoms with E-state index in [2.05, 4.69) is 20.1 Å². The Hall–Kier alpha value is -2.36. The zero-order valence-corrected chi connectivity index (χ0v) is 12.5. The van der Waals surface area contributed by atoms with Crippen molar-refractivity contribution in [2.45, 2.75) is 0 Å². The average molecular weight is 317 g/mol. The molecular weight excluding hydrogens is 308 g/mol. The SMILES string of the molecule is COc1ccc(C#N)c(Nc2c(Cl)ccc3nsnc23)c1. The van der Waals surface area contributed by atoms with Crippen LogP contribution in [0.2, 0.25) is 5.02 Å². The largest absolute Gasteiger partial charge is 0.497 e. The highest BCUT2D eigenvalue weighted by molar-refractivity contribution is 7.00. The first-order valence-electron chi connectivity index (χ1n) is 5.99. The van der Waals surface area contributed by atoms with Crippen LogP contribution in [0, 0.1) is 11.3 Å². The Morgan fingerprint density at radius 1 is 1.29 bits per heavy atom. The van der Waals surface area contributed by atoms with Gasteiger partial charge >= 0.3 is 0 Å². The maximum Gasteiger partial charge on any atom is 0.129 e. The standard InChI is InChI=1S/C14H9ClN4OS/c1-20-9-3-2-8(7-16)12(6-9)17-13-10(15)4-5-11-14(13)19-21-18-11/h2-6,17H,1H3. The van der Waals surface area contributed by atoms with E-state index in [1.807, 2.05) is 6.07 Å². The van der Waals surface area contributed by atoms with Crippen molar-refractivity contribution in [3.05, 3.63) is 40.9 Å². The Kier molecular flexibility index (Phi) is 3.60. The number of hydrogen-bond donors (Lipinski definition) is 1. The molecule has 5 nitrogen and oxygen atoms in total. The quantitative estimate of drug-likeness (QED) is 0.791. The lowest BCUT2D eigenvalue weighted by Gasteiger charge is -2.11. The summed E-state index contributed by atoms with van der Waals surface area (Å²) in [5.41, 5.74) is 3.17. The summed E-state index contributed by atoms with van der Waals surface area (Å²) in [5.74, 6) is 0.649. The first-order valence-corrected chi connectivity index (χ1v) is 7.09. The van der Waals surface area contributed by atoms with Gasteiger partial charge in [-0.1, -0.05) is 11.6 Å². The van der Waals surface area contributed by atoms with Crippen LogP contribution in [0.15, 0.2) is 30.3 Å². The van der Waals surface area contributed by atoms with E-state index in [4.69, 9.17) is 16.3 Å². The maximum absolute atomic E-state index is 9.21. The van der Waals surface area contributed by atoms with Crippen molar-refractivity contribution in [3.63, 3.8) is 0 Å². The number of aromatic nitrogens is 2. The van der Waals surface area contributed by atoms with Crippen LogP contribution >= 0.6 is 23.3 Å². The van der Waals surface area contributed by atoms with Crippen LogP contribution < -0.4 is 10.1 Å². The molecule has 7 heteroatoms. The highest BCUT2D eigenvalue weighted by Gasteiger charge is 2.12. The first kappa shape index (κ1) is 13.6. The summed E-state index contributed by atoms with van der Waals surface area (Å²) >= 11 is 7.35. The van der Waals surface area contributed by atoms with Crippen molar-refractivity contribution in [2.24, 2.45) is 0 Å². The molecule has 0 unspecified atom stereocenters. The van der Waals surface area contributed by atoms with Crippen molar-refractivity contribution in [1.82, 2.24) is 8.75 Å². The van der Waals surface area contributed by atoms with Crippen molar-refractivity contribution >= 4 is 45.7 Å². The number of nitrogens with one attached hydrogen (secondary N) is 1. The van der Waals surface area contributed by atoms with Gasteiger partial charge in [0, 0.05) is 6.07 Å². The monoisotopic (exact) mass is 316 g/mol. The molecule has 0 aliphatic carbocycles. The minimum atomic E-state index is 0.493. The molecule has 0 bridgehead atoms. The molecule has 1 aromatic heterocycles. The fourth-order valence-corrected chi connectivity index (χ4v) is 2.67. The molecule has 0 radical (unpaired) electrons. The van der Waals surface area contributed by atoms with Gasteiger partial charge in [-0.2, -0.15) is 14.0 Å². The average Bonchev–Trinajstić information content (AvgIpc) is 2.98. The molecule has 3 aromatic rings. The normalized spacial score (nSPS) is 10.3. The highest BCUT2D eigenvalue weighted by atomic mass is 35.5. The summed E-state index contributed by atoms with van der Waals surface area (Å²) in [6, 6.07) is 10.9. The molecule has 0 saturated carbocycles. The molecule has 2 aromatic carbocycles. The van der Waals surface area contributed by atoms with Gasteiger partial charge in [-0.05, 0) is 24.3 Å². The van der Waals surface area contributed by atoms with Crippen molar-refractivity contribution in [3.8, 4) is 11.8 Å². The van der Waals surface area contributed by atoms with E-state index in [-0.39, 0.29) is 0 Å². The minimum absolute atomic E-state index is 0.493. The first-order chi connectivity index (χ1) is 10.2. The van der Waals surface area contributed by atoms with Crippen molar-refractivity contribution < 1.29 is 4.74 Å². The zero-order chi connectivity index (χ0) is 14.8. The third kappa shape index (κ3) is 2.49. The Bertz CT molecular complexity index is 856. The van der Waals surface area contributed by atoms with Crippen molar-refractivity contribution in [2.75, 3.05) is 12.4 Å². The van der Waals surface area contributed by atoms with Gasteiger partial charge in [0.1, 0.15) is 22.9 Å². The van der Waals surface area contributed by atoms with Gasteiger partial charge < -0.3 is 10.1 Å². The molecule has 0 spiro atoms. The Balaban J connectivity index is 2.12. The van der Waals surface area contributed by atoms with Gasteiger partial charge in [0.2, 0.25) is 0 Å². The van der Waals surface area contributed by atoms with E-state index in [1.165, 1.54) is 0 Å². The zero-order valence-electron chi connectivity index (χ0n) is 10.9. The highest BCUT2D eigenvalue weighted by Crippen LogP contribution is 2.34. The van der Waals surface area contributed by atoms with Crippen LogP contribution in [0.4, 0.5) is 11.4 Å². The second kappa shape index (κ2) is 5.56. The molecular formula is C14H9ClN4OS. The molecule has 0 amide bonds. The van der Waals surface area contributed by atoms with Crippen LogP contribution in [0.25, 0.3) is 11.0 Å². The molecule has 0 fully saturated rings. The minimum Gasteiger partial charge on any atom is -0.497 e. The van der Waals surface area contributed by atoms with Gasteiger partial charge in [-0.3, -0.25) is 0 Å². The number of fused-ring (bicyclic) bond motifs is 1. The third-order valence-electron chi connectivity index (χ3n) is 2.98. The lowest BCUT2D eigenvalue weighted by molar-refractivity contribution is 0.415. The summed E-state index contributed by atoms with van der Waals surface area (Å²) in [7, 11) is 1.57. The summed E-state index contributed by atoms with van der Waals surface area (Å²) in [5, 5.41) is 12.9. The van der Waals surface area contributed by atoms with Gasteiger partial charge in [-0.15, -0.1) is 0 Å². The summed E-state index contributed by atoms with van der Waals surface area (Å²) < 4.78 is 13.6. The number of benzene rings is 2. The number of rotatable bonds is 3. The van der Waals surface area contributed by atoms with E-state index in [0.717, 1.165) is 17.2 Å². The lowest BCUT2D eigenvalue weighted by atomic mass is 10.1. The van der Waals surface area contributed by atoms with Gasteiger partial charge in [0.05, 0.1) is 40.8 Å². The number of anilines is 2. The van der Waals surface area contributed by atoms with E-state index in [1.54, 1.807) is 31.4 Å². The molecule has 1 heterocycles. The summed E-state index contributed by atoms with van der Waals surface area (Å²) in [4.78, 5) is 0. The molecule has 1 N–H and O–H groups in total. The maximum atomic E-state index is 9.21. The fourth-order valence-electron chi connectivity index (χ4n) is 1.93. The molecule has 0 atom stereocenters. The number of nitrogens with zero attached hydrogens (tertiary/aromatic N) is 3. The summed E-state index contributed by atoms with van der Waals surface area (Å²) in [6.07, 6.45) is 0. The van der Waals surface area contributed by atoms with E-state index in [9.17, 15) is 5.26 Å². The van der Waals surface area contributed by atoms with Crippen LogP contribution in [-0.4, -0.2) is 15.9 Å². The second-order valence-corrected chi connectivity index (χ2v) is 5.14. The second-order valence-electron chi connectivity index (χ2n) is 4.20. The van der Waals surface area contributed by atoms with Crippen LogP contribution in [0.1, 0.15) is 5.56 Å². The number of halogens is 1. The Morgan fingerprint density at radius 2 is 2.14 bits per heavy atom. The Labute approximate surface area is 130 Å². The molecule has 0 aliphatic heterocycles. The predicted molar refractivity (Wildman–Crippen MR) is 83.4 cm³/mol. The number of methoxy groups -OCH3 is 1. The smallest absolute Gasteiger partial charge is 0.129 e. The van der Waals surface area contributed by atoms with Gasteiger partial charge in [-0.25, -0.2) is 0 Å². The topological polar surface area (TPSA) is 70.8 Å². The number of hydrogen-bond acceptors (Lipinski definition) is 6. The van der Waals surface area contributed by atoms with E-state index < -0.39 is 0 Å². The van der Waals surface area contributed by atoms with Gasteiger partial charge in [0.15, 0.2) is 0 Å². The van der Waals surface area contributed by atoms with E-state index in [0.29, 0.717) is 33.2 Å². The molecule has 104 valence electrons. The molecule has 0 saturated heterocycles. The van der Waals surface area contributed by atoms with Crippen LogP contribution in [-0.2, 0) is 0 Å². The predicted octanol–water partition coefficient (Wildman–Crippen LogP) is 3.97. The Morgan fingerprint density at radius 3 is 2.90 bits per heavy atom. The molecule has 21 heavy (non-hydrogen) atoms. The van der Waals surface area contributed by atoms with E-state index >= 15 is 0 Å². The van der Waals surface area contributed by atoms with Crippen LogP contribution in [0.5, 0.6) is 5.75 Å². The van der Waals surface area contributed by atoms with Gasteiger partial charge in [0.25, 0.3) is 0 Å². The van der Waals surface area contributed by atoms with Crippen LogP contribution in [0.3, 0.4) is 0 Å². The molecule has 3 rings (SSSR count). The fraction of sp³-hybridized carbons (Fsp3) is 0.0714. The number of ether oxygens (including phenoxy) is 1.